The quantitative estimate of drug-likeness (QED) is 0.827. The summed E-state index contributed by atoms with van der Waals surface area (Å²) in [4.78, 5) is 2.22. The zero-order valence-corrected chi connectivity index (χ0v) is 13.9. The topological polar surface area (TPSA) is 49.9 Å². The number of nitrogens with zero attached hydrogens (tertiary/aromatic N) is 2. The molecule has 0 radical (unpaired) electrons. The molecule has 0 spiro atoms. The van der Waals surface area contributed by atoms with Gasteiger partial charge in [-0.05, 0) is 31.9 Å². The summed E-state index contributed by atoms with van der Waals surface area (Å²) in [7, 11) is -1.45. The van der Waals surface area contributed by atoms with E-state index in [0.29, 0.717) is 19.6 Å². The number of ether oxygens (including phenoxy) is 1. The fraction of sp³-hybridized carbons (Fsp3) is 0.625. The van der Waals surface area contributed by atoms with Crippen LogP contribution in [-0.2, 0) is 16.6 Å². The van der Waals surface area contributed by atoms with Gasteiger partial charge in [0.1, 0.15) is 5.75 Å². The lowest BCUT2D eigenvalue weighted by molar-refractivity contribution is 0.320. The highest BCUT2D eigenvalue weighted by molar-refractivity contribution is 7.89. The molecule has 1 aromatic carbocycles. The van der Waals surface area contributed by atoms with Gasteiger partial charge >= 0.3 is 0 Å². The minimum absolute atomic E-state index is 0.250. The van der Waals surface area contributed by atoms with Crippen LogP contribution in [0.25, 0.3) is 0 Å². The molecule has 0 amide bonds. The summed E-state index contributed by atoms with van der Waals surface area (Å²) in [6, 6.07) is 7.93. The molecule has 22 heavy (non-hydrogen) atoms. The Hall–Kier alpha value is -1.11. The molecule has 1 aromatic rings. The highest BCUT2D eigenvalue weighted by atomic mass is 32.2. The van der Waals surface area contributed by atoms with Gasteiger partial charge in [0, 0.05) is 31.7 Å². The monoisotopic (exact) mass is 324 g/mol. The first-order valence-electron chi connectivity index (χ1n) is 7.94. The fourth-order valence-electron chi connectivity index (χ4n) is 3.41. The van der Waals surface area contributed by atoms with Crippen molar-refractivity contribution in [1.82, 2.24) is 9.21 Å². The number of hydrogen-bond donors (Lipinski definition) is 0. The molecule has 0 aliphatic carbocycles. The molecule has 2 heterocycles. The second kappa shape index (κ2) is 6.56. The molecule has 3 rings (SSSR count). The van der Waals surface area contributed by atoms with Gasteiger partial charge in [-0.2, -0.15) is 0 Å². The zero-order valence-electron chi connectivity index (χ0n) is 13.1. The Balaban J connectivity index is 1.65. The van der Waals surface area contributed by atoms with E-state index in [4.69, 9.17) is 4.74 Å². The van der Waals surface area contributed by atoms with Crippen LogP contribution in [0.15, 0.2) is 24.3 Å². The molecule has 2 aliphatic heterocycles. The van der Waals surface area contributed by atoms with Gasteiger partial charge in [0.2, 0.25) is 10.0 Å². The zero-order chi connectivity index (χ0) is 15.6. The van der Waals surface area contributed by atoms with Crippen LogP contribution in [0.3, 0.4) is 0 Å². The van der Waals surface area contributed by atoms with Gasteiger partial charge < -0.3 is 4.74 Å². The number of sulfonamides is 1. The number of para-hydroxylation sites is 1. The molecule has 1 atom stereocenters. The van der Waals surface area contributed by atoms with E-state index in [2.05, 4.69) is 4.90 Å². The molecular weight excluding hydrogens is 300 g/mol. The van der Waals surface area contributed by atoms with E-state index in [9.17, 15) is 8.42 Å². The van der Waals surface area contributed by atoms with E-state index < -0.39 is 10.0 Å². The smallest absolute Gasteiger partial charge is 0.218 e. The van der Waals surface area contributed by atoms with E-state index in [1.807, 2.05) is 24.3 Å². The number of methoxy groups -OCH3 is 1. The molecule has 2 saturated heterocycles. The molecule has 0 aromatic heterocycles. The van der Waals surface area contributed by atoms with Crippen molar-refractivity contribution in [2.45, 2.75) is 31.1 Å². The maximum atomic E-state index is 12.6. The Bertz CT molecular complexity index is 612. The van der Waals surface area contributed by atoms with Gasteiger partial charge in [0.15, 0.2) is 0 Å². The predicted molar refractivity (Wildman–Crippen MR) is 86.4 cm³/mol. The van der Waals surface area contributed by atoms with Crippen LogP contribution in [0.2, 0.25) is 0 Å². The first-order chi connectivity index (χ1) is 10.6. The maximum Gasteiger partial charge on any atom is 0.218 e. The fourth-order valence-corrected chi connectivity index (χ4v) is 5.40. The van der Waals surface area contributed by atoms with Crippen LogP contribution >= 0.6 is 0 Å². The van der Waals surface area contributed by atoms with Gasteiger partial charge in [-0.15, -0.1) is 0 Å². The van der Waals surface area contributed by atoms with Crippen molar-refractivity contribution in [2.75, 3.05) is 33.3 Å². The molecule has 0 N–H and O–H groups in total. The van der Waals surface area contributed by atoms with Crippen LogP contribution in [-0.4, -0.2) is 56.2 Å². The number of benzene rings is 1. The molecule has 0 unspecified atom stereocenters. The van der Waals surface area contributed by atoms with Gasteiger partial charge in [-0.25, -0.2) is 12.7 Å². The number of likely N-dealkylation sites (tertiary alicyclic amines) is 1. The molecule has 122 valence electrons. The normalized spacial score (nSPS) is 24.0. The molecule has 6 heteroatoms. The Morgan fingerprint density at radius 3 is 2.64 bits per heavy atom. The summed E-state index contributed by atoms with van der Waals surface area (Å²) < 4.78 is 32.3. The predicted octanol–water partition coefficient (Wildman–Crippen LogP) is 1.70. The van der Waals surface area contributed by atoms with Gasteiger partial charge in [-0.1, -0.05) is 18.2 Å². The highest BCUT2D eigenvalue weighted by Gasteiger charge is 2.38. The van der Waals surface area contributed by atoms with E-state index in [-0.39, 0.29) is 5.25 Å². The summed E-state index contributed by atoms with van der Waals surface area (Å²) in [6.07, 6.45) is 2.72. The van der Waals surface area contributed by atoms with Crippen molar-refractivity contribution < 1.29 is 13.2 Å². The van der Waals surface area contributed by atoms with E-state index >= 15 is 0 Å². The van der Waals surface area contributed by atoms with Gasteiger partial charge in [0.25, 0.3) is 0 Å². The largest absolute Gasteiger partial charge is 0.496 e. The van der Waals surface area contributed by atoms with Crippen molar-refractivity contribution in [3.05, 3.63) is 29.8 Å². The van der Waals surface area contributed by atoms with E-state index in [0.717, 1.165) is 43.7 Å². The Morgan fingerprint density at radius 1 is 1.18 bits per heavy atom. The van der Waals surface area contributed by atoms with Crippen molar-refractivity contribution in [2.24, 2.45) is 0 Å². The first kappa shape index (κ1) is 15.8. The van der Waals surface area contributed by atoms with Crippen molar-refractivity contribution in [3.63, 3.8) is 0 Å². The summed E-state index contributed by atoms with van der Waals surface area (Å²) >= 11 is 0. The third-order valence-electron chi connectivity index (χ3n) is 4.66. The summed E-state index contributed by atoms with van der Waals surface area (Å²) in [5.74, 6) is 0.869. The molecule has 0 saturated carbocycles. The van der Waals surface area contributed by atoms with Crippen LogP contribution in [0, 0.1) is 0 Å². The summed E-state index contributed by atoms with van der Waals surface area (Å²) in [5, 5.41) is -0.250. The standard InChI is InChI=1S/C16H24N2O3S/c1-21-16-7-3-2-6-14(16)12-17-11-8-15(13-17)22(19,20)18-9-4-5-10-18/h2-3,6-7,15H,4-5,8-13H2,1H3/t15-/m1/s1. The lowest BCUT2D eigenvalue weighted by Crippen LogP contribution is -2.38. The van der Waals surface area contributed by atoms with E-state index in [1.165, 1.54) is 0 Å². The molecule has 0 bridgehead atoms. The lowest BCUT2D eigenvalue weighted by atomic mass is 10.2. The first-order valence-corrected chi connectivity index (χ1v) is 9.45. The third-order valence-corrected chi connectivity index (χ3v) is 6.97. The Morgan fingerprint density at radius 2 is 1.91 bits per heavy atom. The van der Waals surface area contributed by atoms with Gasteiger partial charge in [-0.3, -0.25) is 4.90 Å². The van der Waals surface area contributed by atoms with Gasteiger partial charge in [0.05, 0.1) is 12.4 Å². The average Bonchev–Trinajstić information content (AvgIpc) is 3.20. The minimum Gasteiger partial charge on any atom is -0.496 e. The van der Waals surface area contributed by atoms with Crippen LogP contribution in [0.5, 0.6) is 5.75 Å². The maximum absolute atomic E-state index is 12.6. The Labute approximate surface area is 132 Å². The van der Waals surface area contributed by atoms with Crippen LogP contribution < -0.4 is 4.74 Å². The number of rotatable bonds is 5. The second-order valence-electron chi connectivity index (χ2n) is 6.11. The second-order valence-corrected chi connectivity index (χ2v) is 8.32. The number of hydrogen-bond acceptors (Lipinski definition) is 4. The summed E-state index contributed by atoms with van der Waals surface area (Å²) in [6.45, 7) is 3.60. The molecular formula is C16H24N2O3S. The summed E-state index contributed by atoms with van der Waals surface area (Å²) in [5.41, 5.74) is 1.12. The molecule has 2 fully saturated rings. The Kier molecular flexibility index (Phi) is 4.70. The molecule has 2 aliphatic rings. The SMILES string of the molecule is COc1ccccc1CN1CC[C@@H](S(=O)(=O)N2CCCC2)C1. The van der Waals surface area contributed by atoms with Crippen LogP contribution in [0.4, 0.5) is 0 Å². The lowest BCUT2D eigenvalue weighted by Gasteiger charge is -2.21. The minimum atomic E-state index is -3.12. The van der Waals surface area contributed by atoms with E-state index in [1.54, 1.807) is 11.4 Å². The average molecular weight is 324 g/mol. The molecule has 5 nitrogen and oxygen atoms in total. The van der Waals surface area contributed by atoms with Crippen molar-refractivity contribution in [1.29, 1.82) is 0 Å². The highest BCUT2D eigenvalue weighted by Crippen LogP contribution is 2.26. The third kappa shape index (κ3) is 3.14. The van der Waals surface area contributed by atoms with Crippen molar-refractivity contribution >= 4 is 10.0 Å². The van der Waals surface area contributed by atoms with Crippen LogP contribution in [0.1, 0.15) is 24.8 Å². The van der Waals surface area contributed by atoms with Crippen molar-refractivity contribution in [3.8, 4) is 5.75 Å².